The Morgan fingerprint density at radius 2 is 1.53 bits per heavy atom. The quantitative estimate of drug-likeness (QED) is 0.316. The molecule has 1 heterocycles. The maximum absolute atomic E-state index is 14.4. The highest BCUT2D eigenvalue weighted by atomic mass is 19.3. The molecular formula is C22H21F7O3. The van der Waals surface area contributed by atoms with Crippen molar-refractivity contribution in [2.24, 2.45) is 5.92 Å². The molecule has 1 aliphatic rings. The monoisotopic (exact) mass is 466 g/mol. The molecular weight excluding hydrogens is 445 g/mol. The van der Waals surface area contributed by atoms with Crippen molar-refractivity contribution in [3.63, 3.8) is 0 Å². The average molecular weight is 466 g/mol. The van der Waals surface area contributed by atoms with Gasteiger partial charge in [0.2, 0.25) is 0 Å². The lowest BCUT2D eigenvalue weighted by atomic mass is 9.94. The van der Waals surface area contributed by atoms with Crippen LogP contribution in [-0.4, -0.2) is 18.8 Å². The van der Waals surface area contributed by atoms with Crippen molar-refractivity contribution >= 4 is 0 Å². The third kappa shape index (κ3) is 5.65. The molecule has 2 aromatic rings. The summed E-state index contributed by atoms with van der Waals surface area (Å²) in [5.41, 5.74) is -0.797. The summed E-state index contributed by atoms with van der Waals surface area (Å²) in [5, 5.41) is 0. The van der Waals surface area contributed by atoms with E-state index in [1.807, 2.05) is 6.92 Å². The molecule has 1 aliphatic heterocycles. The minimum Gasteiger partial charge on any atom is -0.431 e. The molecule has 176 valence electrons. The van der Waals surface area contributed by atoms with Gasteiger partial charge in [0.25, 0.3) is 0 Å². The fraction of sp³-hybridized carbons (Fsp3) is 0.455. The molecule has 3 rings (SSSR count). The minimum absolute atomic E-state index is 0.104. The Balaban J connectivity index is 1.65. The Morgan fingerprint density at radius 1 is 0.906 bits per heavy atom. The van der Waals surface area contributed by atoms with Crippen LogP contribution >= 0.6 is 0 Å². The third-order valence-electron chi connectivity index (χ3n) is 5.09. The van der Waals surface area contributed by atoms with Gasteiger partial charge in [-0.05, 0) is 49.4 Å². The van der Waals surface area contributed by atoms with Gasteiger partial charge in [-0.15, -0.1) is 0 Å². The van der Waals surface area contributed by atoms with E-state index >= 15 is 0 Å². The molecule has 0 amide bonds. The summed E-state index contributed by atoms with van der Waals surface area (Å²) in [6.07, 6.45) is -6.72. The van der Waals surface area contributed by atoms with E-state index in [1.54, 1.807) is 0 Å². The molecule has 10 heteroatoms. The maximum atomic E-state index is 14.4. The van der Waals surface area contributed by atoms with Gasteiger partial charge in [-0.25, -0.2) is 13.2 Å². The van der Waals surface area contributed by atoms with Gasteiger partial charge in [0.15, 0.2) is 23.6 Å². The molecule has 1 fully saturated rings. The summed E-state index contributed by atoms with van der Waals surface area (Å²) < 4.78 is 111. The van der Waals surface area contributed by atoms with Crippen molar-refractivity contribution < 1.29 is 44.9 Å². The average Bonchev–Trinajstić information content (AvgIpc) is 2.72. The van der Waals surface area contributed by atoms with Crippen molar-refractivity contribution in [3.05, 3.63) is 59.4 Å². The van der Waals surface area contributed by atoms with Gasteiger partial charge in [-0.1, -0.05) is 13.3 Å². The number of rotatable bonds is 8. The third-order valence-corrected chi connectivity index (χ3v) is 5.09. The maximum Gasteiger partial charge on any atom is 0.426 e. The Hall–Kier alpha value is -2.49. The lowest BCUT2D eigenvalue weighted by Gasteiger charge is -2.33. The number of hydrogen-bond donors (Lipinski definition) is 0. The highest BCUT2D eigenvalue weighted by Gasteiger charge is 2.45. The summed E-state index contributed by atoms with van der Waals surface area (Å²) in [5.74, 6) is -6.34. The van der Waals surface area contributed by atoms with Crippen LogP contribution < -0.4 is 9.47 Å². The Morgan fingerprint density at radius 3 is 2.06 bits per heavy atom. The van der Waals surface area contributed by atoms with Gasteiger partial charge in [0.05, 0.1) is 12.2 Å². The fourth-order valence-corrected chi connectivity index (χ4v) is 3.44. The van der Waals surface area contributed by atoms with Crippen LogP contribution in [0.25, 0.3) is 0 Å². The molecule has 2 unspecified atom stereocenters. The molecule has 0 aliphatic carbocycles. The van der Waals surface area contributed by atoms with Crippen LogP contribution in [-0.2, 0) is 10.8 Å². The van der Waals surface area contributed by atoms with Crippen LogP contribution in [0.5, 0.6) is 11.5 Å². The highest BCUT2D eigenvalue weighted by molar-refractivity contribution is 5.31. The molecule has 0 aromatic heterocycles. The highest BCUT2D eigenvalue weighted by Crippen LogP contribution is 2.36. The van der Waals surface area contributed by atoms with E-state index in [0.717, 1.165) is 37.1 Å². The molecule has 3 nitrogen and oxygen atoms in total. The lowest BCUT2D eigenvalue weighted by Crippen LogP contribution is -2.44. The summed E-state index contributed by atoms with van der Waals surface area (Å²) in [6, 6.07) is 3.82. The van der Waals surface area contributed by atoms with E-state index < -0.39 is 47.1 Å². The normalized spacial score (nSPS) is 19.6. The SMILES string of the molecule is CCCC1CCC(C(F)(F)Oc2ccc(C(F)(F)Oc3cc(F)c(F)c(F)c3)cc2)OC1. The molecule has 32 heavy (non-hydrogen) atoms. The molecule has 0 bridgehead atoms. The zero-order valence-corrected chi connectivity index (χ0v) is 17.0. The zero-order chi connectivity index (χ0) is 23.5. The second-order valence-electron chi connectivity index (χ2n) is 7.56. The van der Waals surface area contributed by atoms with Crippen molar-refractivity contribution in [3.8, 4) is 11.5 Å². The van der Waals surface area contributed by atoms with Gasteiger partial charge in [-0.2, -0.15) is 17.6 Å². The lowest BCUT2D eigenvalue weighted by molar-refractivity contribution is -0.264. The molecule has 0 saturated carbocycles. The predicted octanol–water partition coefficient (Wildman–Crippen LogP) is 6.80. The van der Waals surface area contributed by atoms with Gasteiger partial charge >= 0.3 is 12.2 Å². The largest absolute Gasteiger partial charge is 0.431 e. The van der Waals surface area contributed by atoms with Gasteiger partial charge < -0.3 is 14.2 Å². The van der Waals surface area contributed by atoms with Gasteiger partial charge in [-0.3, -0.25) is 0 Å². The van der Waals surface area contributed by atoms with Crippen molar-refractivity contribution in [2.45, 2.75) is 50.9 Å². The summed E-state index contributed by atoms with van der Waals surface area (Å²) in [6.45, 7) is 2.20. The van der Waals surface area contributed by atoms with Crippen LogP contribution in [0.1, 0.15) is 38.2 Å². The summed E-state index contributed by atoms with van der Waals surface area (Å²) in [4.78, 5) is 0. The summed E-state index contributed by atoms with van der Waals surface area (Å²) >= 11 is 0. The fourth-order valence-electron chi connectivity index (χ4n) is 3.44. The zero-order valence-electron chi connectivity index (χ0n) is 17.0. The molecule has 1 saturated heterocycles. The van der Waals surface area contributed by atoms with E-state index in [9.17, 15) is 30.7 Å². The second kappa shape index (κ2) is 9.56. The minimum atomic E-state index is -4.08. The van der Waals surface area contributed by atoms with Gasteiger partial charge in [0.1, 0.15) is 11.5 Å². The van der Waals surface area contributed by atoms with E-state index in [0.29, 0.717) is 6.42 Å². The van der Waals surface area contributed by atoms with Crippen LogP contribution in [0.2, 0.25) is 0 Å². The van der Waals surface area contributed by atoms with Crippen LogP contribution in [0.3, 0.4) is 0 Å². The molecule has 0 radical (unpaired) electrons. The number of ether oxygens (including phenoxy) is 3. The molecule has 2 atom stereocenters. The van der Waals surface area contributed by atoms with Crippen molar-refractivity contribution in [1.82, 2.24) is 0 Å². The van der Waals surface area contributed by atoms with E-state index in [-0.39, 0.29) is 36.8 Å². The van der Waals surface area contributed by atoms with Crippen LogP contribution in [0.15, 0.2) is 36.4 Å². The van der Waals surface area contributed by atoms with E-state index in [1.165, 1.54) is 0 Å². The van der Waals surface area contributed by atoms with Crippen LogP contribution in [0.4, 0.5) is 30.7 Å². The van der Waals surface area contributed by atoms with Crippen molar-refractivity contribution in [1.29, 1.82) is 0 Å². The number of hydrogen-bond acceptors (Lipinski definition) is 3. The number of alkyl halides is 4. The van der Waals surface area contributed by atoms with Crippen molar-refractivity contribution in [2.75, 3.05) is 6.61 Å². The first kappa shape index (κ1) is 24.2. The molecule has 0 N–H and O–H groups in total. The first-order valence-corrected chi connectivity index (χ1v) is 10.0. The van der Waals surface area contributed by atoms with Gasteiger partial charge in [0, 0.05) is 12.1 Å². The first-order valence-electron chi connectivity index (χ1n) is 10.0. The Labute approximate surface area is 180 Å². The topological polar surface area (TPSA) is 27.7 Å². The Kier molecular flexibility index (Phi) is 7.22. The predicted molar refractivity (Wildman–Crippen MR) is 100 cm³/mol. The second-order valence-corrected chi connectivity index (χ2v) is 7.56. The van der Waals surface area contributed by atoms with E-state index in [2.05, 4.69) is 9.47 Å². The van der Waals surface area contributed by atoms with E-state index in [4.69, 9.17) is 4.74 Å². The number of halogens is 7. The smallest absolute Gasteiger partial charge is 0.426 e. The number of benzene rings is 2. The standard InChI is InChI=1S/C22H21F7O3/c1-2-3-13-4-9-19(30-12-13)22(28,29)31-15-7-5-14(6-8-15)21(26,27)32-16-10-17(23)20(25)18(24)11-16/h5-8,10-11,13,19H,2-4,9,12H2,1H3. The first-order chi connectivity index (χ1) is 15.0. The molecule has 2 aromatic carbocycles. The van der Waals surface area contributed by atoms with Crippen LogP contribution in [0, 0.1) is 23.4 Å². The summed E-state index contributed by atoms with van der Waals surface area (Å²) in [7, 11) is 0. The molecule has 0 spiro atoms. The Bertz CT molecular complexity index is 887.